The summed E-state index contributed by atoms with van der Waals surface area (Å²) >= 11 is 0. The Morgan fingerprint density at radius 1 is 1.16 bits per heavy atom. The molecule has 0 bridgehead atoms. The first kappa shape index (κ1) is 23.7. The molecule has 1 unspecified atom stereocenters. The van der Waals surface area contributed by atoms with Crippen LogP contribution in [0.15, 0.2) is 71.8 Å². The highest BCUT2D eigenvalue weighted by Gasteiger charge is 2.24. The smallest absolute Gasteiger partial charge is 0.267 e. The first-order valence-corrected chi connectivity index (χ1v) is 11.5. The van der Waals surface area contributed by atoms with Crippen LogP contribution in [-0.2, 0) is 4.74 Å². The minimum absolute atomic E-state index is 0.0506. The molecule has 3 N–H and O–H groups in total. The molecular weight excluding hydrogens is 470 g/mol. The van der Waals surface area contributed by atoms with Crippen molar-refractivity contribution < 1.29 is 9.53 Å². The van der Waals surface area contributed by atoms with Gasteiger partial charge in [-0.3, -0.25) is 14.2 Å². The molecule has 3 heterocycles. The summed E-state index contributed by atoms with van der Waals surface area (Å²) < 4.78 is 7.95. The molecule has 0 aliphatic heterocycles. The number of benzene rings is 2. The van der Waals surface area contributed by atoms with Crippen molar-refractivity contribution >= 4 is 28.3 Å². The van der Waals surface area contributed by atoms with E-state index in [1.807, 2.05) is 18.2 Å². The Balaban J connectivity index is 1.64. The Labute approximate surface area is 211 Å². The number of nitrogens with one attached hydrogen (secondary N) is 1. The van der Waals surface area contributed by atoms with Crippen molar-refractivity contribution in [2.24, 2.45) is 0 Å². The summed E-state index contributed by atoms with van der Waals surface area (Å²) in [4.78, 5) is 36.2. The Bertz CT molecular complexity index is 1750. The Hall–Kier alpha value is -5.01. The van der Waals surface area contributed by atoms with Gasteiger partial charge in [0.05, 0.1) is 22.6 Å². The summed E-state index contributed by atoms with van der Waals surface area (Å²) in [7, 11) is 1.56. The highest BCUT2D eigenvalue weighted by atomic mass is 16.5. The van der Waals surface area contributed by atoms with Crippen LogP contribution in [0.2, 0.25) is 0 Å². The van der Waals surface area contributed by atoms with Crippen LogP contribution in [0.1, 0.15) is 34.7 Å². The first-order valence-electron chi connectivity index (χ1n) is 11.5. The minimum atomic E-state index is -0.675. The molecule has 3 aromatic heterocycles. The SMILES string of the molecule is COCC#Cc1cccc2nc(C(C)NC(=O)c3c(N)nn4cccnc34)n(-c3ccccc3)c(=O)c12. The molecule has 0 aliphatic rings. The van der Waals surface area contributed by atoms with Crippen LogP contribution in [0.25, 0.3) is 22.2 Å². The lowest BCUT2D eigenvalue weighted by Crippen LogP contribution is -2.33. The van der Waals surface area contributed by atoms with Gasteiger partial charge in [0.25, 0.3) is 11.5 Å². The van der Waals surface area contributed by atoms with Crippen LogP contribution in [0, 0.1) is 11.8 Å². The molecule has 0 radical (unpaired) electrons. The number of nitrogens with zero attached hydrogens (tertiary/aromatic N) is 5. The largest absolute Gasteiger partial charge is 0.381 e. The predicted molar refractivity (Wildman–Crippen MR) is 139 cm³/mol. The third-order valence-corrected chi connectivity index (χ3v) is 5.76. The normalized spacial score (nSPS) is 11.7. The summed E-state index contributed by atoms with van der Waals surface area (Å²) in [6.45, 7) is 1.99. The van der Waals surface area contributed by atoms with Gasteiger partial charge >= 0.3 is 0 Å². The van der Waals surface area contributed by atoms with E-state index in [1.165, 1.54) is 9.08 Å². The van der Waals surface area contributed by atoms with Crippen molar-refractivity contribution in [2.75, 3.05) is 19.5 Å². The predicted octanol–water partition coefficient (Wildman–Crippen LogP) is 2.50. The van der Waals surface area contributed by atoms with Gasteiger partial charge in [-0.2, -0.15) is 0 Å². The average molecular weight is 494 g/mol. The molecule has 0 saturated heterocycles. The van der Waals surface area contributed by atoms with Gasteiger partial charge < -0.3 is 15.8 Å². The standard InChI is InChI=1S/C27H23N7O3/c1-17(30-26(35)22-23(28)32-33-15-8-14-29-25(22)33)24-31-20-13-6-9-18(10-7-16-37-2)21(20)27(36)34(24)19-11-4-3-5-12-19/h3-6,8-9,11-15,17H,16H2,1-2H3,(H2,28,32)(H,30,35). The fourth-order valence-electron chi connectivity index (χ4n) is 4.13. The molecule has 0 saturated carbocycles. The fourth-order valence-corrected chi connectivity index (χ4v) is 4.13. The van der Waals surface area contributed by atoms with E-state index < -0.39 is 11.9 Å². The number of rotatable bonds is 5. The summed E-state index contributed by atoms with van der Waals surface area (Å²) in [6, 6.07) is 15.4. The lowest BCUT2D eigenvalue weighted by molar-refractivity contribution is 0.0940. The van der Waals surface area contributed by atoms with Gasteiger partial charge in [-0.05, 0) is 37.3 Å². The van der Waals surface area contributed by atoms with Gasteiger partial charge in [0.2, 0.25) is 0 Å². The molecule has 2 aromatic carbocycles. The molecule has 0 spiro atoms. The van der Waals surface area contributed by atoms with Gasteiger partial charge in [0, 0.05) is 25.1 Å². The van der Waals surface area contributed by atoms with Crippen LogP contribution < -0.4 is 16.6 Å². The molecule has 5 aromatic rings. The summed E-state index contributed by atoms with van der Waals surface area (Å²) in [5.41, 5.74) is 7.83. The molecular formula is C27H23N7O3. The van der Waals surface area contributed by atoms with Crippen LogP contribution in [-0.4, -0.2) is 43.8 Å². The summed E-state index contributed by atoms with van der Waals surface area (Å²) in [6.07, 6.45) is 3.21. The zero-order valence-electron chi connectivity index (χ0n) is 20.2. The number of hydrogen-bond acceptors (Lipinski definition) is 7. The van der Waals surface area contributed by atoms with E-state index in [2.05, 4.69) is 27.2 Å². The molecule has 0 fully saturated rings. The lowest BCUT2D eigenvalue weighted by atomic mass is 10.1. The number of nitrogen functional groups attached to an aromatic ring is 1. The van der Waals surface area contributed by atoms with E-state index in [0.717, 1.165) is 0 Å². The number of carbonyl (C=O) groups is 1. The highest BCUT2D eigenvalue weighted by Crippen LogP contribution is 2.22. The maximum atomic E-state index is 13.9. The Morgan fingerprint density at radius 3 is 2.76 bits per heavy atom. The van der Waals surface area contributed by atoms with Crippen molar-refractivity contribution in [1.82, 2.24) is 29.5 Å². The van der Waals surface area contributed by atoms with Gasteiger partial charge in [-0.15, -0.1) is 5.10 Å². The number of fused-ring (bicyclic) bond motifs is 2. The third kappa shape index (κ3) is 4.39. The number of nitrogens with two attached hydrogens (primary N) is 1. The zero-order chi connectivity index (χ0) is 25.9. The zero-order valence-corrected chi connectivity index (χ0v) is 20.2. The summed E-state index contributed by atoms with van der Waals surface area (Å²) in [5.74, 6) is 5.82. The third-order valence-electron chi connectivity index (χ3n) is 5.76. The number of anilines is 1. The first-order chi connectivity index (χ1) is 18.0. The molecule has 1 atom stereocenters. The van der Waals surface area contributed by atoms with Gasteiger partial charge in [0.1, 0.15) is 18.0 Å². The average Bonchev–Trinajstić information content (AvgIpc) is 3.24. The lowest BCUT2D eigenvalue weighted by Gasteiger charge is -2.20. The van der Waals surface area contributed by atoms with Gasteiger partial charge in [-0.1, -0.05) is 36.1 Å². The van der Waals surface area contributed by atoms with E-state index in [9.17, 15) is 9.59 Å². The number of para-hydroxylation sites is 1. The van der Waals surface area contributed by atoms with Crippen LogP contribution >= 0.6 is 0 Å². The maximum Gasteiger partial charge on any atom is 0.267 e. The maximum absolute atomic E-state index is 13.9. The van der Waals surface area contributed by atoms with Crippen molar-refractivity contribution in [3.8, 4) is 17.5 Å². The molecule has 5 rings (SSSR count). The molecule has 0 aliphatic carbocycles. The number of ether oxygens (including phenoxy) is 1. The van der Waals surface area contributed by atoms with Gasteiger partial charge in [-0.25, -0.2) is 14.5 Å². The van der Waals surface area contributed by atoms with Crippen LogP contribution in [0.5, 0.6) is 0 Å². The van der Waals surface area contributed by atoms with Crippen molar-refractivity contribution in [1.29, 1.82) is 0 Å². The summed E-state index contributed by atoms with van der Waals surface area (Å²) in [5, 5.41) is 7.45. The fraction of sp³-hybridized carbons (Fsp3) is 0.148. The minimum Gasteiger partial charge on any atom is -0.381 e. The Morgan fingerprint density at radius 2 is 1.97 bits per heavy atom. The quantitative estimate of drug-likeness (QED) is 0.360. The van der Waals surface area contributed by atoms with Crippen molar-refractivity contribution in [2.45, 2.75) is 13.0 Å². The second kappa shape index (κ2) is 9.93. The Kier molecular flexibility index (Phi) is 6.36. The molecule has 37 heavy (non-hydrogen) atoms. The van der Waals surface area contributed by atoms with Crippen LogP contribution in [0.4, 0.5) is 5.82 Å². The van der Waals surface area contributed by atoms with E-state index >= 15 is 0 Å². The van der Waals surface area contributed by atoms with E-state index in [4.69, 9.17) is 15.5 Å². The molecule has 184 valence electrons. The van der Waals surface area contributed by atoms with Crippen molar-refractivity contribution in [3.63, 3.8) is 0 Å². The van der Waals surface area contributed by atoms with Gasteiger partial charge in [0.15, 0.2) is 11.5 Å². The van der Waals surface area contributed by atoms with Crippen molar-refractivity contribution in [3.05, 3.63) is 94.3 Å². The van der Waals surface area contributed by atoms with E-state index in [0.29, 0.717) is 33.6 Å². The molecule has 1 amide bonds. The molecule has 10 heteroatoms. The van der Waals surface area contributed by atoms with Crippen LogP contribution in [0.3, 0.4) is 0 Å². The second-order valence-corrected chi connectivity index (χ2v) is 8.22. The number of methoxy groups -OCH3 is 1. The number of aromatic nitrogens is 5. The van der Waals surface area contributed by atoms with E-state index in [-0.39, 0.29) is 23.5 Å². The number of amides is 1. The van der Waals surface area contributed by atoms with E-state index in [1.54, 1.807) is 62.8 Å². The highest BCUT2D eigenvalue weighted by molar-refractivity contribution is 6.04. The monoisotopic (exact) mass is 493 g/mol. The topological polar surface area (TPSA) is 129 Å². The number of carbonyl (C=O) groups excluding carboxylic acids is 1. The molecule has 10 nitrogen and oxygen atoms in total. The second-order valence-electron chi connectivity index (χ2n) is 8.22. The number of hydrogen-bond donors (Lipinski definition) is 2.